The lowest BCUT2D eigenvalue weighted by Crippen LogP contribution is -2.52. The van der Waals surface area contributed by atoms with Gasteiger partial charge in [-0.25, -0.2) is 9.78 Å². The molecule has 0 radical (unpaired) electrons. The molecule has 0 saturated heterocycles. The largest absolute Gasteiger partial charge is 0.489 e. The van der Waals surface area contributed by atoms with Crippen molar-refractivity contribution < 1.29 is 23.9 Å². The number of nitrogens with two attached hydrogens (primary N) is 1. The first-order chi connectivity index (χ1) is 23.9. The quantitative estimate of drug-likeness (QED) is 0.126. The van der Waals surface area contributed by atoms with Crippen LogP contribution in [-0.2, 0) is 40.5 Å². The van der Waals surface area contributed by atoms with Crippen LogP contribution in [0.1, 0.15) is 29.3 Å². The molecular weight excluding hydrogens is 620 g/mol. The number of amides is 3. The Morgan fingerprint density at radius 3 is 2.12 bits per heavy atom. The minimum atomic E-state index is -1.07. The van der Waals surface area contributed by atoms with Gasteiger partial charge in [0.05, 0.1) is 17.7 Å². The van der Waals surface area contributed by atoms with Gasteiger partial charge in [-0.05, 0) is 47.9 Å². The molecule has 5 rings (SSSR count). The first-order valence-electron chi connectivity index (χ1n) is 16.0. The van der Waals surface area contributed by atoms with Crippen molar-refractivity contribution in [3.63, 3.8) is 0 Å². The van der Waals surface area contributed by atoms with E-state index in [-0.39, 0.29) is 32.0 Å². The van der Waals surface area contributed by atoms with E-state index in [0.717, 1.165) is 16.7 Å². The molecule has 0 fully saturated rings. The molecule has 1 unspecified atom stereocenters. The zero-order valence-electron chi connectivity index (χ0n) is 27.3. The first kappa shape index (κ1) is 34.2. The number of H-pyrrole nitrogens is 1. The van der Waals surface area contributed by atoms with Crippen LogP contribution in [0.4, 0.5) is 16.2 Å². The summed E-state index contributed by atoms with van der Waals surface area (Å²) in [5, 5.41) is 2.73. The molecular formula is C38H40N6O5. The molecule has 0 aliphatic carbocycles. The molecule has 5 aromatic rings. The number of alkyl carbamates (subject to hydrolysis) is 1. The third-order valence-electron chi connectivity index (χ3n) is 7.81. The van der Waals surface area contributed by atoms with E-state index >= 15 is 0 Å². The molecule has 11 nitrogen and oxygen atoms in total. The molecule has 0 spiro atoms. The van der Waals surface area contributed by atoms with E-state index in [1.165, 1.54) is 11.2 Å². The number of likely N-dealkylation sites (N-methyl/N-ethyl adjacent to an activating group) is 1. The number of carbonyl (C=O) groups is 3. The first-order valence-corrected chi connectivity index (χ1v) is 16.0. The van der Waals surface area contributed by atoms with Crippen LogP contribution in [0.2, 0.25) is 0 Å². The lowest BCUT2D eigenvalue weighted by Gasteiger charge is -2.30. The van der Waals surface area contributed by atoms with Crippen molar-refractivity contribution in [2.45, 2.75) is 39.1 Å². The maximum Gasteiger partial charge on any atom is 0.408 e. The van der Waals surface area contributed by atoms with Gasteiger partial charge in [0.15, 0.2) is 0 Å². The fraction of sp³-hybridized carbons (Fsp3) is 0.211. The van der Waals surface area contributed by atoms with E-state index in [9.17, 15) is 14.4 Å². The highest BCUT2D eigenvalue weighted by Crippen LogP contribution is 2.23. The van der Waals surface area contributed by atoms with Crippen LogP contribution in [-0.4, -0.2) is 51.9 Å². The number of carbonyl (C=O) groups excluding carboxylic acids is 3. The van der Waals surface area contributed by atoms with E-state index in [4.69, 9.17) is 15.2 Å². The molecule has 11 heteroatoms. The molecule has 0 aliphatic rings. The van der Waals surface area contributed by atoms with E-state index in [1.807, 2.05) is 91.9 Å². The second kappa shape index (κ2) is 17.2. The number of aromatic nitrogens is 2. The second-order valence-electron chi connectivity index (χ2n) is 11.3. The Labute approximate surface area is 285 Å². The number of para-hydroxylation sites is 2. The van der Waals surface area contributed by atoms with Gasteiger partial charge in [-0.15, -0.1) is 0 Å². The van der Waals surface area contributed by atoms with Crippen LogP contribution in [0.25, 0.3) is 0 Å². The maximum absolute atomic E-state index is 14.4. The minimum Gasteiger partial charge on any atom is -0.489 e. The van der Waals surface area contributed by atoms with Gasteiger partial charge in [-0.1, -0.05) is 84.9 Å². The van der Waals surface area contributed by atoms with Crippen LogP contribution in [0.3, 0.4) is 0 Å². The van der Waals surface area contributed by atoms with Crippen molar-refractivity contribution in [3.8, 4) is 5.75 Å². The summed E-state index contributed by atoms with van der Waals surface area (Å²) in [4.78, 5) is 51.3. The molecule has 0 bridgehead atoms. The van der Waals surface area contributed by atoms with Gasteiger partial charge in [-0.2, -0.15) is 0 Å². The highest BCUT2D eigenvalue weighted by molar-refractivity contribution is 5.99. The SMILES string of the molecule is CCN(C(=O)CN(Cc1ccc(OCc2ccccc2)cc1)C(=O)C(Cc1cnc[nH]1)NC(=O)OCc1ccccc1)c1ccccc1N. The van der Waals surface area contributed by atoms with E-state index in [0.29, 0.717) is 36.0 Å². The topological polar surface area (TPSA) is 143 Å². The van der Waals surface area contributed by atoms with Gasteiger partial charge in [0, 0.05) is 31.4 Å². The van der Waals surface area contributed by atoms with Crippen molar-refractivity contribution >= 4 is 29.3 Å². The van der Waals surface area contributed by atoms with Crippen LogP contribution < -0.4 is 20.7 Å². The van der Waals surface area contributed by atoms with Gasteiger partial charge in [-0.3, -0.25) is 9.59 Å². The average molecular weight is 661 g/mol. The summed E-state index contributed by atoms with van der Waals surface area (Å²) in [5.74, 6) is -0.136. The zero-order valence-corrected chi connectivity index (χ0v) is 27.3. The highest BCUT2D eigenvalue weighted by atomic mass is 16.5. The lowest BCUT2D eigenvalue weighted by atomic mass is 10.1. The zero-order chi connectivity index (χ0) is 34.4. The number of imidazole rings is 1. The summed E-state index contributed by atoms with van der Waals surface area (Å²) in [7, 11) is 0. The number of nitrogens with one attached hydrogen (secondary N) is 2. The summed E-state index contributed by atoms with van der Waals surface area (Å²) in [5.41, 5.74) is 10.5. The maximum atomic E-state index is 14.4. The Morgan fingerprint density at radius 2 is 1.49 bits per heavy atom. The van der Waals surface area contributed by atoms with Crippen molar-refractivity contribution in [2.75, 3.05) is 23.7 Å². The van der Waals surface area contributed by atoms with Crippen LogP contribution >= 0.6 is 0 Å². The summed E-state index contributed by atoms with van der Waals surface area (Å²) in [6.45, 7) is 2.44. The molecule has 3 amide bonds. The van der Waals surface area contributed by atoms with E-state index in [2.05, 4.69) is 15.3 Å². The molecule has 1 aromatic heterocycles. The molecule has 4 N–H and O–H groups in total. The fourth-order valence-electron chi connectivity index (χ4n) is 5.27. The van der Waals surface area contributed by atoms with Crippen molar-refractivity contribution in [2.24, 2.45) is 0 Å². The Balaban J connectivity index is 1.36. The number of ether oxygens (including phenoxy) is 2. The lowest BCUT2D eigenvalue weighted by molar-refractivity contribution is -0.137. The molecule has 1 heterocycles. The molecule has 0 saturated carbocycles. The molecule has 252 valence electrons. The van der Waals surface area contributed by atoms with E-state index in [1.54, 1.807) is 35.4 Å². The van der Waals surface area contributed by atoms with Crippen molar-refractivity contribution in [1.29, 1.82) is 0 Å². The third-order valence-corrected chi connectivity index (χ3v) is 7.81. The smallest absolute Gasteiger partial charge is 0.408 e. The normalized spacial score (nSPS) is 11.3. The summed E-state index contributed by atoms with van der Waals surface area (Å²) in [6.07, 6.45) is 2.41. The van der Waals surface area contributed by atoms with Gasteiger partial charge in [0.25, 0.3) is 0 Å². The Bertz CT molecular complexity index is 1780. The molecule has 4 aromatic carbocycles. The fourth-order valence-corrected chi connectivity index (χ4v) is 5.27. The molecule has 1 atom stereocenters. The summed E-state index contributed by atoms with van der Waals surface area (Å²) in [6, 6.07) is 32.5. The van der Waals surface area contributed by atoms with Crippen LogP contribution in [0, 0.1) is 0 Å². The Hall–Kier alpha value is -6.10. The standard InChI is InChI=1S/C38H40N6O5/c1-2-44(35-16-10-9-15-33(35)39)36(45)24-43(23-28-17-19-32(20-18-28)48-25-29-11-5-3-6-12-29)37(46)34(21-31-22-40-27-41-31)42-38(47)49-26-30-13-7-4-8-14-30/h3-20,22,27,34H,2,21,23-26,39H2,1H3,(H,40,41)(H,42,47). The Kier molecular flexibility index (Phi) is 12.0. The summed E-state index contributed by atoms with van der Waals surface area (Å²) < 4.78 is 11.4. The van der Waals surface area contributed by atoms with E-state index < -0.39 is 18.0 Å². The van der Waals surface area contributed by atoms with Crippen molar-refractivity contribution in [1.82, 2.24) is 20.2 Å². The minimum absolute atomic E-state index is 0.0302. The monoisotopic (exact) mass is 660 g/mol. The number of nitrogens with zero attached hydrogens (tertiary/aromatic N) is 3. The van der Waals surface area contributed by atoms with Crippen LogP contribution in [0.5, 0.6) is 5.75 Å². The molecule has 49 heavy (non-hydrogen) atoms. The number of anilines is 2. The number of nitrogen functional groups attached to an aromatic ring is 1. The number of hydrogen-bond donors (Lipinski definition) is 3. The number of aromatic amines is 1. The predicted octanol–water partition coefficient (Wildman–Crippen LogP) is 5.49. The number of rotatable bonds is 15. The average Bonchev–Trinajstić information content (AvgIpc) is 3.65. The van der Waals surface area contributed by atoms with Gasteiger partial charge >= 0.3 is 6.09 Å². The highest BCUT2D eigenvalue weighted by Gasteiger charge is 2.30. The van der Waals surface area contributed by atoms with Gasteiger partial charge in [0.2, 0.25) is 11.8 Å². The van der Waals surface area contributed by atoms with Crippen molar-refractivity contribution in [3.05, 3.63) is 144 Å². The summed E-state index contributed by atoms with van der Waals surface area (Å²) >= 11 is 0. The van der Waals surface area contributed by atoms with Crippen LogP contribution in [0.15, 0.2) is 122 Å². The van der Waals surface area contributed by atoms with Gasteiger partial charge < -0.3 is 35.3 Å². The second-order valence-corrected chi connectivity index (χ2v) is 11.3. The van der Waals surface area contributed by atoms with Gasteiger partial charge in [0.1, 0.15) is 31.5 Å². The molecule has 0 aliphatic heterocycles. The Morgan fingerprint density at radius 1 is 0.837 bits per heavy atom. The number of benzene rings is 4. The number of hydrogen-bond acceptors (Lipinski definition) is 7. The third kappa shape index (κ3) is 9.94. The predicted molar refractivity (Wildman–Crippen MR) is 187 cm³/mol.